The predicted octanol–water partition coefficient (Wildman–Crippen LogP) is 3.97. The van der Waals surface area contributed by atoms with Crippen molar-refractivity contribution in [3.63, 3.8) is 0 Å². The van der Waals surface area contributed by atoms with Gasteiger partial charge in [-0.15, -0.1) is 0 Å². The first-order valence-corrected chi connectivity index (χ1v) is 10.6. The summed E-state index contributed by atoms with van der Waals surface area (Å²) in [4.78, 5) is 12.8. The van der Waals surface area contributed by atoms with Crippen molar-refractivity contribution in [2.24, 2.45) is 0 Å². The molecule has 0 aliphatic heterocycles. The van der Waals surface area contributed by atoms with Crippen molar-refractivity contribution in [2.45, 2.75) is 71.3 Å². The van der Waals surface area contributed by atoms with Crippen LogP contribution in [-0.2, 0) is 11.3 Å². The highest BCUT2D eigenvalue weighted by atomic mass is 17.2. The van der Waals surface area contributed by atoms with Gasteiger partial charge in [-0.2, -0.15) is 4.89 Å². The van der Waals surface area contributed by atoms with Crippen molar-refractivity contribution in [1.29, 1.82) is 0 Å². The molecule has 0 bridgehead atoms. The van der Waals surface area contributed by atoms with E-state index in [1.54, 1.807) is 0 Å². The second-order valence-corrected chi connectivity index (χ2v) is 7.25. The lowest BCUT2D eigenvalue weighted by Gasteiger charge is -2.23. The molecule has 0 aliphatic rings. The van der Waals surface area contributed by atoms with Crippen LogP contribution in [0.25, 0.3) is 0 Å². The molecule has 27 heavy (non-hydrogen) atoms. The normalized spacial score (nSPS) is 12.5. The van der Waals surface area contributed by atoms with E-state index in [-0.39, 0.29) is 19.3 Å². The van der Waals surface area contributed by atoms with Gasteiger partial charge in [0.15, 0.2) is 5.75 Å². The number of aliphatic hydroxyl groups is 2. The third kappa shape index (κ3) is 12.0. The monoisotopic (exact) mass is 381 g/mol. The van der Waals surface area contributed by atoms with E-state index >= 15 is 0 Å². The zero-order chi connectivity index (χ0) is 19.7. The number of unbranched alkanes of at least 4 members (excludes halogenated alkanes) is 6. The summed E-state index contributed by atoms with van der Waals surface area (Å²) in [6.45, 7) is 5.92. The summed E-state index contributed by atoms with van der Waals surface area (Å²) >= 11 is 0. The predicted molar refractivity (Wildman–Crippen MR) is 110 cm³/mol. The van der Waals surface area contributed by atoms with Gasteiger partial charge in [-0.1, -0.05) is 57.6 Å². The third-order valence-electron chi connectivity index (χ3n) is 4.65. The molecule has 0 aromatic heterocycles. The molecule has 0 heterocycles. The molecule has 0 radical (unpaired) electrons. The number of nitrogens with zero attached hydrogens (tertiary/aromatic N) is 1. The van der Waals surface area contributed by atoms with Gasteiger partial charge < -0.3 is 15.1 Å². The Bertz CT molecular complexity index is 446. The fourth-order valence-electron chi connectivity index (χ4n) is 3.11. The SMILES string of the molecule is CCCCCCCCCc1ccc(OOC(C)CN(CCO)CCO)cc1. The number of rotatable bonds is 17. The van der Waals surface area contributed by atoms with E-state index in [0.717, 1.165) is 6.42 Å². The highest BCUT2D eigenvalue weighted by Gasteiger charge is 2.11. The summed E-state index contributed by atoms with van der Waals surface area (Å²) < 4.78 is 0. The Morgan fingerprint density at radius 3 is 2.07 bits per heavy atom. The van der Waals surface area contributed by atoms with Crippen LogP contribution < -0.4 is 4.89 Å². The number of hydrogen-bond donors (Lipinski definition) is 2. The minimum Gasteiger partial charge on any atom is -0.395 e. The van der Waals surface area contributed by atoms with Crippen LogP contribution in [0.15, 0.2) is 24.3 Å². The van der Waals surface area contributed by atoms with Crippen molar-refractivity contribution in [2.75, 3.05) is 32.8 Å². The number of aryl methyl sites for hydroxylation is 1. The molecule has 0 amide bonds. The molecule has 1 aromatic rings. The van der Waals surface area contributed by atoms with Crippen LogP contribution >= 0.6 is 0 Å². The average molecular weight is 382 g/mol. The van der Waals surface area contributed by atoms with E-state index < -0.39 is 0 Å². The summed E-state index contributed by atoms with van der Waals surface area (Å²) in [5, 5.41) is 18.1. The Morgan fingerprint density at radius 1 is 0.889 bits per heavy atom. The first-order chi connectivity index (χ1) is 13.2. The van der Waals surface area contributed by atoms with Gasteiger partial charge >= 0.3 is 0 Å². The lowest BCUT2D eigenvalue weighted by Crippen LogP contribution is -2.37. The van der Waals surface area contributed by atoms with Crippen molar-refractivity contribution in [3.8, 4) is 5.75 Å². The molecule has 5 heteroatoms. The van der Waals surface area contributed by atoms with Crippen LogP contribution in [0.3, 0.4) is 0 Å². The van der Waals surface area contributed by atoms with Gasteiger partial charge in [0.1, 0.15) is 6.10 Å². The maximum atomic E-state index is 9.04. The van der Waals surface area contributed by atoms with Gasteiger partial charge in [0.05, 0.1) is 13.2 Å². The highest BCUT2D eigenvalue weighted by molar-refractivity contribution is 5.26. The fourth-order valence-corrected chi connectivity index (χ4v) is 3.11. The largest absolute Gasteiger partial charge is 0.395 e. The van der Waals surface area contributed by atoms with Crippen LogP contribution in [0.4, 0.5) is 0 Å². The van der Waals surface area contributed by atoms with Gasteiger partial charge in [0, 0.05) is 19.6 Å². The first-order valence-electron chi connectivity index (χ1n) is 10.6. The van der Waals surface area contributed by atoms with Crippen molar-refractivity contribution < 1.29 is 20.0 Å². The lowest BCUT2D eigenvalue weighted by atomic mass is 10.0. The maximum absolute atomic E-state index is 9.04. The topological polar surface area (TPSA) is 62.2 Å². The molecular weight excluding hydrogens is 342 g/mol. The molecule has 1 rings (SSSR count). The fraction of sp³-hybridized carbons (Fsp3) is 0.727. The molecule has 0 saturated carbocycles. The zero-order valence-corrected chi connectivity index (χ0v) is 17.2. The van der Waals surface area contributed by atoms with Crippen LogP contribution in [0.2, 0.25) is 0 Å². The molecule has 156 valence electrons. The zero-order valence-electron chi connectivity index (χ0n) is 17.2. The van der Waals surface area contributed by atoms with Crippen LogP contribution in [-0.4, -0.2) is 54.1 Å². The van der Waals surface area contributed by atoms with Crippen LogP contribution in [0.5, 0.6) is 5.75 Å². The molecule has 5 nitrogen and oxygen atoms in total. The van der Waals surface area contributed by atoms with E-state index in [1.165, 1.54) is 50.5 Å². The van der Waals surface area contributed by atoms with E-state index in [1.807, 2.05) is 24.0 Å². The quantitative estimate of drug-likeness (QED) is 0.243. The van der Waals surface area contributed by atoms with Crippen molar-refractivity contribution in [3.05, 3.63) is 29.8 Å². The third-order valence-corrected chi connectivity index (χ3v) is 4.65. The molecular formula is C22H39NO4. The maximum Gasteiger partial charge on any atom is 0.165 e. The van der Waals surface area contributed by atoms with E-state index in [9.17, 15) is 0 Å². The highest BCUT2D eigenvalue weighted by Crippen LogP contribution is 2.16. The smallest absolute Gasteiger partial charge is 0.165 e. The first kappa shape index (κ1) is 23.9. The second-order valence-electron chi connectivity index (χ2n) is 7.25. The van der Waals surface area contributed by atoms with E-state index in [0.29, 0.717) is 25.4 Å². The van der Waals surface area contributed by atoms with Crippen molar-refractivity contribution in [1.82, 2.24) is 4.90 Å². The standard InChI is InChI=1S/C22H39NO4/c1-3-4-5-6-7-8-9-10-21-11-13-22(14-12-21)27-26-20(2)19-23(15-17-24)16-18-25/h11-14,20,24-25H,3-10,15-19H2,1-2H3. The molecule has 1 unspecified atom stereocenters. The molecule has 0 spiro atoms. The van der Waals surface area contributed by atoms with Crippen LogP contribution in [0, 0.1) is 0 Å². The number of hydrogen-bond acceptors (Lipinski definition) is 5. The molecule has 2 N–H and O–H groups in total. The summed E-state index contributed by atoms with van der Waals surface area (Å²) in [5.74, 6) is 0.695. The Labute approximate surface area is 165 Å². The Morgan fingerprint density at radius 2 is 1.48 bits per heavy atom. The summed E-state index contributed by atoms with van der Waals surface area (Å²) in [5.41, 5.74) is 1.33. The minimum atomic E-state index is -0.157. The molecule has 0 aliphatic carbocycles. The van der Waals surface area contributed by atoms with Gasteiger partial charge in [-0.25, -0.2) is 0 Å². The average Bonchev–Trinajstić information content (AvgIpc) is 2.67. The van der Waals surface area contributed by atoms with Crippen molar-refractivity contribution >= 4 is 0 Å². The second kappa shape index (κ2) is 15.9. The summed E-state index contributed by atoms with van der Waals surface area (Å²) in [7, 11) is 0. The van der Waals surface area contributed by atoms with Gasteiger partial charge in [-0.3, -0.25) is 4.90 Å². The van der Waals surface area contributed by atoms with Gasteiger partial charge in [-0.05, 0) is 37.5 Å². The number of aliphatic hydroxyl groups excluding tert-OH is 2. The van der Waals surface area contributed by atoms with Gasteiger partial charge in [0.2, 0.25) is 0 Å². The lowest BCUT2D eigenvalue weighted by molar-refractivity contribution is -0.243. The molecule has 0 fully saturated rings. The molecule has 0 saturated heterocycles. The van der Waals surface area contributed by atoms with Gasteiger partial charge in [0.25, 0.3) is 0 Å². The number of benzene rings is 1. The minimum absolute atomic E-state index is 0.0633. The van der Waals surface area contributed by atoms with E-state index in [2.05, 4.69) is 19.1 Å². The summed E-state index contributed by atoms with van der Waals surface area (Å²) in [6, 6.07) is 8.10. The van der Waals surface area contributed by atoms with Crippen LogP contribution in [0.1, 0.15) is 64.4 Å². The Balaban J connectivity index is 2.21. The molecule has 1 aromatic carbocycles. The Hall–Kier alpha value is -1.14. The molecule has 1 atom stereocenters. The Kier molecular flexibility index (Phi) is 14.0. The summed E-state index contributed by atoms with van der Waals surface area (Å²) in [6.07, 6.45) is 10.3. The van der Waals surface area contributed by atoms with E-state index in [4.69, 9.17) is 20.0 Å².